The van der Waals surface area contributed by atoms with Crippen LogP contribution in [0.2, 0.25) is 0 Å². The van der Waals surface area contributed by atoms with Crippen LogP contribution in [-0.4, -0.2) is 18.5 Å². The van der Waals surface area contributed by atoms with Crippen LogP contribution < -0.4 is 0 Å². The molecule has 0 amide bonds. The normalized spacial score (nSPS) is 9.73. The predicted molar refractivity (Wildman–Crippen MR) is 67.7 cm³/mol. The van der Waals surface area contributed by atoms with Crippen LogP contribution in [0.15, 0.2) is 43.5 Å². The molecule has 0 unspecified atom stereocenters. The maximum Gasteiger partial charge on any atom is 0.0369 e. The van der Waals surface area contributed by atoms with Crippen LogP contribution in [0.3, 0.4) is 0 Å². The summed E-state index contributed by atoms with van der Waals surface area (Å²) in [5, 5.41) is 0. The van der Waals surface area contributed by atoms with Crippen LogP contribution in [0.5, 0.6) is 0 Å². The standard InChI is InChI=1S/C14H19N/c1-5-11-15(4)12(3)14-10-8-7-9-13(14)6-2/h5,7-10H,1,3,6,11H2,2,4H3. The molecule has 0 aliphatic heterocycles. The second-order valence-corrected chi connectivity index (χ2v) is 3.63. The van der Waals surface area contributed by atoms with Crippen molar-refractivity contribution in [2.75, 3.05) is 13.6 Å². The van der Waals surface area contributed by atoms with E-state index >= 15 is 0 Å². The first-order valence-electron chi connectivity index (χ1n) is 5.30. The highest BCUT2D eigenvalue weighted by molar-refractivity contribution is 5.64. The zero-order valence-corrected chi connectivity index (χ0v) is 9.66. The fraction of sp³-hybridized carbons (Fsp3) is 0.286. The van der Waals surface area contributed by atoms with E-state index in [2.05, 4.69) is 49.2 Å². The lowest BCUT2D eigenvalue weighted by atomic mass is 10.0. The summed E-state index contributed by atoms with van der Waals surface area (Å²) in [5.74, 6) is 0. The Morgan fingerprint density at radius 2 is 2.07 bits per heavy atom. The van der Waals surface area contributed by atoms with Crippen LogP contribution in [0, 0.1) is 0 Å². The minimum Gasteiger partial charge on any atom is -0.371 e. The SMILES string of the molecule is C=CCN(C)C(=C)c1ccccc1CC. The summed E-state index contributed by atoms with van der Waals surface area (Å²) < 4.78 is 0. The zero-order valence-electron chi connectivity index (χ0n) is 9.66. The van der Waals surface area contributed by atoms with Crippen molar-refractivity contribution in [3.05, 3.63) is 54.6 Å². The molecule has 0 spiro atoms. The minimum atomic E-state index is 0.830. The molecule has 1 aromatic rings. The molecule has 0 radical (unpaired) electrons. The lowest BCUT2D eigenvalue weighted by molar-refractivity contribution is 0.537. The fourth-order valence-electron chi connectivity index (χ4n) is 1.62. The van der Waals surface area contributed by atoms with Crippen molar-refractivity contribution >= 4 is 5.70 Å². The van der Waals surface area contributed by atoms with Gasteiger partial charge in [-0.1, -0.05) is 43.8 Å². The van der Waals surface area contributed by atoms with E-state index < -0.39 is 0 Å². The summed E-state index contributed by atoms with van der Waals surface area (Å²) in [6.45, 7) is 10.9. The van der Waals surface area contributed by atoms with Crippen LogP contribution >= 0.6 is 0 Å². The highest BCUT2D eigenvalue weighted by Crippen LogP contribution is 2.20. The lowest BCUT2D eigenvalue weighted by Gasteiger charge is -2.21. The third-order valence-corrected chi connectivity index (χ3v) is 2.57. The largest absolute Gasteiger partial charge is 0.371 e. The van der Waals surface area contributed by atoms with E-state index in [9.17, 15) is 0 Å². The topological polar surface area (TPSA) is 3.24 Å². The molecule has 15 heavy (non-hydrogen) atoms. The number of benzene rings is 1. The van der Waals surface area contributed by atoms with E-state index in [-0.39, 0.29) is 0 Å². The second-order valence-electron chi connectivity index (χ2n) is 3.63. The highest BCUT2D eigenvalue weighted by atomic mass is 15.1. The van der Waals surface area contributed by atoms with E-state index in [1.165, 1.54) is 11.1 Å². The van der Waals surface area contributed by atoms with Crippen molar-refractivity contribution in [2.24, 2.45) is 0 Å². The van der Waals surface area contributed by atoms with Crippen LogP contribution in [0.4, 0.5) is 0 Å². The third-order valence-electron chi connectivity index (χ3n) is 2.57. The van der Waals surface area contributed by atoms with Gasteiger partial charge < -0.3 is 4.90 Å². The predicted octanol–water partition coefficient (Wildman–Crippen LogP) is 3.34. The summed E-state index contributed by atoms with van der Waals surface area (Å²) in [7, 11) is 2.04. The van der Waals surface area contributed by atoms with Gasteiger partial charge in [0.2, 0.25) is 0 Å². The fourth-order valence-corrected chi connectivity index (χ4v) is 1.62. The summed E-state index contributed by atoms with van der Waals surface area (Å²) >= 11 is 0. The van der Waals surface area contributed by atoms with Gasteiger partial charge in [0.25, 0.3) is 0 Å². The summed E-state index contributed by atoms with van der Waals surface area (Å²) in [6, 6.07) is 8.41. The first-order valence-corrected chi connectivity index (χ1v) is 5.30. The van der Waals surface area contributed by atoms with Crippen LogP contribution in [0.1, 0.15) is 18.1 Å². The molecule has 0 heterocycles. The number of hydrogen-bond donors (Lipinski definition) is 0. The maximum absolute atomic E-state index is 4.13. The van der Waals surface area contributed by atoms with Gasteiger partial charge in [0.05, 0.1) is 0 Å². The molecular weight excluding hydrogens is 182 g/mol. The quantitative estimate of drug-likeness (QED) is 0.660. The third kappa shape index (κ3) is 2.72. The van der Waals surface area contributed by atoms with E-state index in [1.807, 2.05) is 13.1 Å². The number of nitrogens with zero attached hydrogens (tertiary/aromatic N) is 1. The van der Waals surface area contributed by atoms with Crippen molar-refractivity contribution in [3.63, 3.8) is 0 Å². The lowest BCUT2D eigenvalue weighted by Crippen LogP contribution is -2.16. The Hall–Kier alpha value is -1.50. The van der Waals surface area contributed by atoms with Crippen LogP contribution in [-0.2, 0) is 6.42 Å². The first-order chi connectivity index (χ1) is 7.20. The molecule has 0 aromatic heterocycles. The second kappa shape index (κ2) is 5.40. The average Bonchev–Trinajstić information content (AvgIpc) is 2.28. The summed E-state index contributed by atoms with van der Waals surface area (Å²) in [5.41, 5.74) is 3.65. The van der Waals surface area contributed by atoms with E-state index in [0.717, 1.165) is 18.7 Å². The van der Waals surface area contributed by atoms with Crippen molar-refractivity contribution in [2.45, 2.75) is 13.3 Å². The molecule has 80 valence electrons. The van der Waals surface area contributed by atoms with Gasteiger partial charge in [0, 0.05) is 24.9 Å². The van der Waals surface area contributed by atoms with Gasteiger partial charge in [-0.05, 0) is 12.0 Å². The Morgan fingerprint density at radius 1 is 1.40 bits per heavy atom. The zero-order chi connectivity index (χ0) is 11.3. The van der Waals surface area contributed by atoms with Gasteiger partial charge in [0.1, 0.15) is 0 Å². The molecule has 0 saturated heterocycles. The molecule has 0 aliphatic rings. The van der Waals surface area contributed by atoms with E-state index in [0.29, 0.717) is 0 Å². The Labute approximate surface area is 92.7 Å². The number of likely N-dealkylation sites (N-methyl/N-ethyl adjacent to an activating group) is 1. The molecule has 1 aromatic carbocycles. The van der Waals surface area contributed by atoms with Gasteiger partial charge in [0.15, 0.2) is 0 Å². The number of aryl methyl sites for hydroxylation is 1. The first kappa shape index (κ1) is 11.6. The number of hydrogen-bond acceptors (Lipinski definition) is 1. The van der Waals surface area contributed by atoms with Gasteiger partial charge in [-0.15, -0.1) is 6.58 Å². The average molecular weight is 201 g/mol. The number of rotatable bonds is 5. The molecule has 1 rings (SSSR count). The molecule has 0 saturated carbocycles. The Kier molecular flexibility index (Phi) is 4.17. The van der Waals surface area contributed by atoms with Crippen LogP contribution in [0.25, 0.3) is 5.70 Å². The molecule has 0 aliphatic carbocycles. The maximum atomic E-state index is 4.13. The molecule has 0 N–H and O–H groups in total. The Bertz CT molecular complexity index is 352. The summed E-state index contributed by atoms with van der Waals surface area (Å²) in [4.78, 5) is 2.11. The van der Waals surface area contributed by atoms with E-state index in [4.69, 9.17) is 0 Å². The van der Waals surface area contributed by atoms with E-state index in [1.54, 1.807) is 0 Å². The summed E-state index contributed by atoms with van der Waals surface area (Å²) in [6.07, 6.45) is 2.93. The van der Waals surface area contributed by atoms with Gasteiger partial charge in [-0.3, -0.25) is 0 Å². The molecule has 0 bridgehead atoms. The van der Waals surface area contributed by atoms with Crippen molar-refractivity contribution < 1.29 is 0 Å². The Balaban J connectivity index is 2.94. The molecular formula is C14H19N. The van der Waals surface area contributed by atoms with Gasteiger partial charge >= 0.3 is 0 Å². The van der Waals surface area contributed by atoms with Crippen molar-refractivity contribution in [1.29, 1.82) is 0 Å². The molecule has 0 fully saturated rings. The smallest absolute Gasteiger partial charge is 0.0369 e. The monoisotopic (exact) mass is 201 g/mol. The Morgan fingerprint density at radius 3 is 2.67 bits per heavy atom. The van der Waals surface area contributed by atoms with Crippen molar-refractivity contribution in [3.8, 4) is 0 Å². The van der Waals surface area contributed by atoms with Gasteiger partial charge in [-0.2, -0.15) is 0 Å². The molecule has 1 nitrogen and oxygen atoms in total. The van der Waals surface area contributed by atoms with Gasteiger partial charge in [-0.25, -0.2) is 0 Å². The minimum absolute atomic E-state index is 0.830. The molecule has 1 heteroatoms. The van der Waals surface area contributed by atoms with Crippen molar-refractivity contribution in [1.82, 2.24) is 4.90 Å². The molecule has 0 atom stereocenters. The highest BCUT2D eigenvalue weighted by Gasteiger charge is 2.06.